The molecule has 0 unspecified atom stereocenters. The summed E-state index contributed by atoms with van der Waals surface area (Å²) >= 11 is 1.21. The van der Waals surface area contributed by atoms with Crippen molar-refractivity contribution in [3.63, 3.8) is 0 Å². The molecule has 0 spiro atoms. The van der Waals surface area contributed by atoms with E-state index in [2.05, 4.69) is 15.3 Å². The maximum absolute atomic E-state index is 14.3. The Labute approximate surface area is 169 Å². The number of hydrogen-bond donors (Lipinski definition) is 2. The number of rotatable bonds is 4. The van der Waals surface area contributed by atoms with Gasteiger partial charge in [-0.1, -0.05) is 11.3 Å². The summed E-state index contributed by atoms with van der Waals surface area (Å²) in [7, 11) is 0. The summed E-state index contributed by atoms with van der Waals surface area (Å²) in [5, 5.41) is 12.1. The number of aliphatic hydroxyl groups excluding tert-OH is 1. The number of aliphatic hydroxyl groups is 1. The van der Waals surface area contributed by atoms with Crippen LogP contribution in [0, 0.1) is 11.6 Å². The molecule has 29 heavy (non-hydrogen) atoms. The second-order valence-corrected chi connectivity index (χ2v) is 7.69. The minimum absolute atomic E-state index is 0.0577. The van der Waals surface area contributed by atoms with E-state index in [0.29, 0.717) is 53.5 Å². The molecule has 1 fully saturated rings. The molecule has 2 N–H and O–H groups in total. The highest BCUT2D eigenvalue weighted by Gasteiger charge is 2.24. The van der Waals surface area contributed by atoms with Crippen molar-refractivity contribution in [2.24, 2.45) is 0 Å². The lowest BCUT2D eigenvalue weighted by Crippen LogP contribution is -2.50. The number of nitrogens with one attached hydrogen (secondary N) is 1. The quantitative estimate of drug-likeness (QED) is 0.680. The number of nitrogens with zero attached hydrogens (tertiary/aromatic N) is 4. The summed E-state index contributed by atoms with van der Waals surface area (Å²) in [6.45, 7) is 1.65. The molecule has 0 bridgehead atoms. The van der Waals surface area contributed by atoms with Crippen LogP contribution in [0.4, 0.5) is 24.5 Å². The van der Waals surface area contributed by atoms with Crippen molar-refractivity contribution >= 4 is 38.5 Å². The first-order valence-electron chi connectivity index (χ1n) is 9.16. The first kappa shape index (κ1) is 19.5. The zero-order valence-electron chi connectivity index (χ0n) is 15.4. The van der Waals surface area contributed by atoms with E-state index < -0.39 is 5.82 Å². The fourth-order valence-electron chi connectivity index (χ4n) is 3.21. The van der Waals surface area contributed by atoms with Gasteiger partial charge in [0, 0.05) is 39.0 Å². The Morgan fingerprint density at radius 1 is 1.21 bits per heavy atom. The number of urea groups is 1. The second kappa shape index (κ2) is 8.26. The Balaban J connectivity index is 1.36. The zero-order chi connectivity index (χ0) is 20.4. The Hall–Kier alpha value is -2.85. The van der Waals surface area contributed by atoms with Gasteiger partial charge in [-0.2, -0.15) is 0 Å². The molecular formula is C19H19F2N5O2S. The molecule has 3 aromatic rings. The van der Waals surface area contributed by atoms with E-state index in [1.165, 1.54) is 29.5 Å². The van der Waals surface area contributed by atoms with Crippen molar-refractivity contribution < 1.29 is 18.7 Å². The molecule has 2 aromatic heterocycles. The number of pyridine rings is 1. The molecule has 1 aliphatic rings. The lowest BCUT2D eigenvalue weighted by Gasteiger charge is -2.35. The first-order chi connectivity index (χ1) is 14.0. The van der Waals surface area contributed by atoms with Gasteiger partial charge in [-0.15, -0.1) is 0 Å². The summed E-state index contributed by atoms with van der Waals surface area (Å²) in [6.07, 6.45) is 1.92. The molecule has 1 aromatic carbocycles. The molecule has 1 saturated heterocycles. The highest BCUT2D eigenvalue weighted by atomic mass is 32.1. The third kappa shape index (κ3) is 4.28. The van der Waals surface area contributed by atoms with E-state index in [-0.39, 0.29) is 24.3 Å². The Bertz CT molecular complexity index is 1040. The molecule has 0 atom stereocenters. The van der Waals surface area contributed by atoms with Gasteiger partial charge in [-0.05, 0) is 36.2 Å². The third-order valence-corrected chi connectivity index (χ3v) is 5.64. The number of fused-ring (bicyclic) bond motifs is 1. The van der Waals surface area contributed by atoms with Crippen LogP contribution in [0.1, 0.15) is 5.56 Å². The largest absolute Gasteiger partial charge is 0.396 e. The molecule has 1 aliphatic heterocycles. The number of amides is 2. The molecule has 10 heteroatoms. The van der Waals surface area contributed by atoms with Gasteiger partial charge in [0.2, 0.25) is 0 Å². The van der Waals surface area contributed by atoms with E-state index in [1.54, 1.807) is 22.1 Å². The zero-order valence-corrected chi connectivity index (χ0v) is 16.3. The monoisotopic (exact) mass is 419 g/mol. The lowest BCUT2D eigenvalue weighted by atomic mass is 10.2. The van der Waals surface area contributed by atoms with Gasteiger partial charge in [0.05, 0.1) is 10.2 Å². The number of carbonyl (C=O) groups excluding carboxylic acids is 1. The Morgan fingerprint density at radius 2 is 2.00 bits per heavy atom. The molecular weight excluding hydrogens is 400 g/mol. The number of piperazine rings is 1. The standard InChI is InChI=1S/C19H19F2N5O2S/c20-13-1-2-15-16(10-13)29-18(23-15)24-19(28)26-6-4-25(5-7-26)17-14(21)9-12(3-8-27)11-22-17/h1-2,9-11,27H,3-8H2,(H,23,24,28). The van der Waals surface area contributed by atoms with E-state index >= 15 is 0 Å². The summed E-state index contributed by atoms with van der Waals surface area (Å²) in [4.78, 5) is 24.4. The van der Waals surface area contributed by atoms with Crippen molar-refractivity contribution in [3.05, 3.63) is 47.7 Å². The fraction of sp³-hybridized carbons (Fsp3) is 0.316. The average Bonchev–Trinajstić information content (AvgIpc) is 3.10. The van der Waals surface area contributed by atoms with Crippen LogP contribution in [-0.2, 0) is 6.42 Å². The minimum atomic E-state index is -0.435. The molecule has 0 aliphatic carbocycles. The van der Waals surface area contributed by atoms with Gasteiger partial charge in [-0.25, -0.2) is 23.5 Å². The van der Waals surface area contributed by atoms with Crippen LogP contribution in [-0.4, -0.2) is 58.8 Å². The summed E-state index contributed by atoms with van der Waals surface area (Å²) < 4.78 is 28.3. The van der Waals surface area contributed by atoms with Crippen molar-refractivity contribution in [1.82, 2.24) is 14.9 Å². The van der Waals surface area contributed by atoms with Crippen LogP contribution in [0.5, 0.6) is 0 Å². The molecule has 7 nitrogen and oxygen atoms in total. The van der Waals surface area contributed by atoms with Crippen LogP contribution < -0.4 is 10.2 Å². The van der Waals surface area contributed by atoms with E-state index in [1.807, 2.05) is 0 Å². The highest BCUT2D eigenvalue weighted by molar-refractivity contribution is 7.22. The lowest BCUT2D eigenvalue weighted by molar-refractivity contribution is 0.208. The smallest absolute Gasteiger partial charge is 0.323 e. The van der Waals surface area contributed by atoms with Crippen LogP contribution >= 0.6 is 11.3 Å². The van der Waals surface area contributed by atoms with Crippen LogP contribution in [0.15, 0.2) is 30.5 Å². The van der Waals surface area contributed by atoms with Crippen molar-refractivity contribution in [2.45, 2.75) is 6.42 Å². The number of aromatic nitrogens is 2. The second-order valence-electron chi connectivity index (χ2n) is 6.66. The number of hydrogen-bond acceptors (Lipinski definition) is 6. The molecule has 152 valence electrons. The van der Waals surface area contributed by atoms with Crippen LogP contribution in [0.25, 0.3) is 10.2 Å². The number of benzene rings is 1. The highest BCUT2D eigenvalue weighted by Crippen LogP contribution is 2.27. The van der Waals surface area contributed by atoms with Gasteiger partial charge >= 0.3 is 6.03 Å². The van der Waals surface area contributed by atoms with Gasteiger partial charge in [0.15, 0.2) is 16.8 Å². The van der Waals surface area contributed by atoms with Gasteiger partial charge in [0.1, 0.15) is 5.82 Å². The maximum Gasteiger partial charge on any atom is 0.323 e. The number of halogens is 2. The minimum Gasteiger partial charge on any atom is -0.396 e. The predicted molar refractivity (Wildman–Crippen MR) is 107 cm³/mol. The van der Waals surface area contributed by atoms with E-state index in [4.69, 9.17) is 5.11 Å². The van der Waals surface area contributed by atoms with E-state index in [0.717, 1.165) is 0 Å². The Kier molecular flexibility index (Phi) is 5.54. The van der Waals surface area contributed by atoms with Gasteiger partial charge < -0.3 is 14.9 Å². The molecule has 0 saturated carbocycles. The summed E-state index contributed by atoms with van der Waals surface area (Å²) in [5.74, 6) is -0.532. The molecule has 4 rings (SSSR count). The predicted octanol–water partition coefficient (Wildman–Crippen LogP) is 2.86. The average molecular weight is 419 g/mol. The maximum atomic E-state index is 14.3. The van der Waals surface area contributed by atoms with Gasteiger partial charge in [-0.3, -0.25) is 5.32 Å². The van der Waals surface area contributed by atoms with Crippen molar-refractivity contribution in [2.75, 3.05) is 43.0 Å². The van der Waals surface area contributed by atoms with Crippen LogP contribution in [0.3, 0.4) is 0 Å². The fourth-order valence-corrected chi connectivity index (χ4v) is 4.09. The summed E-state index contributed by atoms with van der Waals surface area (Å²) in [6, 6.07) is 5.37. The topological polar surface area (TPSA) is 81.6 Å². The number of thiazole rings is 1. The first-order valence-corrected chi connectivity index (χ1v) is 9.97. The number of anilines is 2. The van der Waals surface area contributed by atoms with Crippen molar-refractivity contribution in [3.8, 4) is 0 Å². The van der Waals surface area contributed by atoms with Crippen molar-refractivity contribution in [1.29, 1.82) is 0 Å². The molecule has 3 heterocycles. The summed E-state index contributed by atoms with van der Waals surface area (Å²) in [5.41, 5.74) is 1.27. The third-order valence-electron chi connectivity index (χ3n) is 4.71. The normalized spacial score (nSPS) is 14.4. The van der Waals surface area contributed by atoms with Gasteiger partial charge in [0.25, 0.3) is 0 Å². The SMILES string of the molecule is O=C(Nc1nc2ccc(F)cc2s1)N1CCN(c2ncc(CCO)cc2F)CC1. The van der Waals surface area contributed by atoms with Crippen LogP contribution in [0.2, 0.25) is 0 Å². The number of carbonyl (C=O) groups is 1. The Morgan fingerprint density at radius 3 is 2.72 bits per heavy atom. The van der Waals surface area contributed by atoms with E-state index in [9.17, 15) is 13.6 Å². The molecule has 2 amide bonds. The molecule has 0 radical (unpaired) electrons.